The first kappa shape index (κ1) is 14.9. The smallest absolute Gasteiger partial charge is 0.267 e. The van der Waals surface area contributed by atoms with Gasteiger partial charge in [-0.05, 0) is 24.3 Å². The summed E-state index contributed by atoms with van der Waals surface area (Å²) in [5.41, 5.74) is 0.601. The van der Waals surface area contributed by atoms with E-state index in [2.05, 4.69) is 15.4 Å². The molecule has 0 saturated carbocycles. The Morgan fingerprint density at radius 3 is 2.75 bits per heavy atom. The molecule has 7 heteroatoms. The van der Waals surface area contributed by atoms with Crippen LogP contribution < -0.4 is 5.32 Å². The number of carbonyl (C=O) groups is 1. The normalized spacial score (nSPS) is 10.9. The van der Waals surface area contributed by atoms with E-state index in [1.807, 2.05) is 30.3 Å². The van der Waals surface area contributed by atoms with Crippen LogP contribution in [0.3, 0.4) is 0 Å². The highest BCUT2D eigenvalue weighted by molar-refractivity contribution is 7.21. The third kappa shape index (κ3) is 2.66. The zero-order chi connectivity index (χ0) is 16.5. The van der Waals surface area contributed by atoms with Crippen LogP contribution in [0.2, 0.25) is 5.02 Å². The third-order valence-electron chi connectivity index (χ3n) is 3.49. The topological polar surface area (TPSA) is 59.8 Å². The van der Waals surface area contributed by atoms with Gasteiger partial charge in [-0.3, -0.25) is 4.79 Å². The number of anilines is 1. The summed E-state index contributed by atoms with van der Waals surface area (Å²) in [6.45, 7) is 0. The van der Waals surface area contributed by atoms with Crippen LogP contribution in [-0.4, -0.2) is 20.7 Å². The lowest BCUT2D eigenvalue weighted by Crippen LogP contribution is -2.11. The number of rotatable bonds is 3. The molecule has 4 aromatic rings. The number of hydrogen-bond acceptors (Lipinski definition) is 4. The Balaban J connectivity index is 1.58. The molecule has 0 aliphatic carbocycles. The summed E-state index contributed by atoms with van der Waals surface area (Å²) in [6, 6.07) is 13.1. The second-order valence-corrected chi connectivity index (χ2v) is 6.48. The largest absolute Gasteiger partial charge is 0.320 e. The lowest BCUT2D eigenvalue weighted by molar-refractivity contribution is 0.103. The minimum Gasteiger partial charge on any atom is -0.320 e. The van der Waals surface area contributed by atoms with Crippen molar-refractivity contribution in [1.82, 2.24) is 14.8 Å². The number of hydrogen-bond donors (Lipinski definition) is 1. The number of thiophene rings is 1. The van der Waals surface area contributed by atoms with E-state index in [9.17, 15) is 4.79 Å². The van der Waals surface area contributed by atoms with Crippen LogP contribution in [0, 0.1) is 0 Å². The first-order chi connectivity index (χ1) is 11.7. The van der Waals surface area contributed by atoms with E-state index < -0.39 is 0 Å². The van der Waals surface area contributed by atoms with E-state index in [0.29, 0.717) is 21.4 Å². The van der Waals surface area contributed by atoms with Crippen molar-refractivity contribution in [2.24, 2.45) is 0 Å². The fraction of sp³-hybridized carbons (Fsp3) is 0. The van der Waals surface area contributed by atoms with Gasteiger partial charge in [0.25, 0.3) is 5.91 Å². The van der Waals surface area contributed by atoms with E-state index in [1.165, 1.54) is 11.3 Å². The molecule has 118 valence electrons. The molecule has 5 nitrogen and oxygen atoms in total. The summed E-state index contributed by atoms with van der Waals surface area (Å²) in [6.07, 6.45) is 5.08. The first-order valence-corrected chi connectivity index (χ1v) is 8.36. The molecule has 0 atom stereocenters. The second-order valence-electron chi connectivity index (χ2n) is 5.05. The summed E-state index contributed by atoms with van der Waals surface area (Å²) in [4.78, 5) is 17.3. The molecule has 0 fully saturated rings. The molecule has 0 unspecified atom stereocenters. The standard InChI is InChI=1S/C17H11ClN4OS/c18-15-12-4-1-2-5-13(12)24-16(15)17(23)21-11-6-7-14(19-10-11)22-9-3-8-20-22/h1-10H,(H,21,23). The number of nitrogens with zero attached hydrogens (tertiary/aromatic N) is 3. The number of carbonyl (C=O) groups excluding carboxylic acids is 1. The van der Waals surface area contributed by atoms with Crippen molar-refractivity contribution in [2.45, 2.75) is 0 Å². The maximum absolute atomic E-state index is 12.5. The van der Waals surface area contributed by atoms with Crippen LogP contribution in [0.15, 0.2) is 61.1 Å². The monoisotopic (exact) mass is 354 g/mol. The number of aromatic nitrogens is 3. The Labute approximate surface area is 146 Å². The number of nitrogens with one attached hydrogen (secondary N) is 1. The summed E-state index contributed by atoms with van der Waals surface area (Å²) in [5, 5.41) is 8.31. The van der Waals surface area contributed by atoms with E-state index in [4.69, 9.17) is 11.6 Å². The minimum atomic E-state index is -0.241. The Bertz CT molecular complexity index is 1010. The number of benzene rings is 1. The molecule has 3 heterocycles. The van der Waals surface area contributed by atoms with Crippen molar-refractivity contribution < 1.29 is 4.79 Å². The lowest BCUT2D eigenvalue weighted by atomic mass is 10.2. The molecule has 4 rings (SSSR count). The zero-order valence-corrected chi connectivity index (χ0v) is 13.9. The van der Waals surface area contributed by atoms with Crippen molar-refractivity contribution >= 4 is 44.6 Å². The van der Waals surface area contributed by atoms with E-state index in [0.717, 1.165) is 10.1 Å². The second kappa shape index (κ2) is 6.07. The van der Waals surface area contributed by atoms with Crippen molar-refractivity contribution in [3.63, 3.8) is 0 Å². The quantitative estimate of drug-likeness (QED) is 0.593. The molecular weight excluding hydrogens is 344 g/mol. The maximum Gasteiger partial charge on any atom is 0.267 e. The average Bonchev–Trinajstić information content (AvgIpc) is 3.24. The van der Waals surface area contributed by atoms with Crippen molar-refractivity contribution in [3.8, 4) is 5.82 Å². The van der Waals surface area contributed by atoms with E-state index >= 15 is 0 Å². The lowest BCUT2D eigenvalue weighted by Gasteiger charge is -2.05. The summed E-state index contributed by atoms with van der Waals surface area (Å²) >= 11 is 7.71. The Hall–Kier alpha value is -2.70. The summed E-state index contributed by atoms with van der Waals surface area (Å²) in [7, 11) is 0. The molecule has 1 amide bonds. The van der Waals surface area contributed by atoms with Crippen LogP contribution in [0.5, 0.6) is 0 Å². The van der Waals surface area contributed by atoms with Crippen LogP contribution in [0.4, 0.5) is 5.69 Å². The molecule has 0 spiro atoms. The number of halogens is 1. The predicted octanol–water partition coefficient (Wildman–Crippen LogP) is 4.39. The van der Waals surface area contributed by atoms with Gasteiger partial charge in [0.05, 0.1) is 16.9 Å². The molecule has 1 aromatic carbocycles. The van der Waals surface area contributed by atoms with Crippen molar-refractivity contribution in [1.29, 1.82) is 0 Å². The highest BCUT2D eigenvalue weighted by Crippen LogP contribution is 2.35. The maximum atomic E-state index is 12.5. The Morgan fingerprint density at radius 1 is 1.17 bits per heavy atom. The molecule has 1 N–H and O–H groups in total. The molecule has 0 aliphatic heterocycles. The highest BCUT2D eigenvalue weighted by Gasteiger charge is 2.17. The van der Waals surface area contributed by atoms with Crippen LogP contribution >= 0.6 is 22.9 Å². The summed E-state index contributed by atoms with van der Waals surface area (Å²) in [5.74, 6) is 0.438. The molecule has 3 aromatic heterocycles. The van der Waals surface area contributed by atoms with E-state index in [-0.39, 0.29) is 5.91 Å². The molecule has 0 radical (unpaired) electrons. The van der Waals surface area contributed by atoms with Gasteiger partial charge in [0.1, 0.15) is 4.88 Å². The van der Waals surface area contributed by atoms with Gasteiger partial charge in [-0.15, -0.1) is 11.3 Å². The van der Waals surface area contributed by atoms with Gasteiger partial charge in [0, 0.05) is 22.5 Å². The highest BCUT2D eigenvalue weighted by atomic mass is 35.5. The predicted molar refractivity (Wildman–Crippen MR) is 96.1 cm³/mol. The minimum absolute atomic E-state index is 0.241. The molecule has 0 bridgehead atoms. The van der Waals surface area contributed by atoms with E-state index in [1.54, 1.807) is 35.4 Å². The number of fused-ring (bicyclic) bond motifs is 1. The van der Waals surface area contributed by atoms with Crippen LogP contribution in [0.25, 0.3) is 15.9 Å². The Kier molecular flexibility index (Phi) is 3.76. The fourth-order valence-corrected chi connectivity index (χ4v) is 3.76. The Morgan fingerprint density at radius 2 is 2.04 bits per heavy atom. The van der Waals surface area contributed by atoms with Crippen LogP contribution in [0.1, 0.15) is 9.67 Å². The van der Waals surface area contributed by atoms with Gasteiger partial charge in [-0.1, -0.05) is 29.8 Å². The average molecular weight is 355 g/mol. The zero-order valence-electron chi connectivity index (χ0n) is 12.3. The molecule has 24 heavy (non-hydrogen) atoms. The SMILES string of the molecule is O=C(Nc1ccc(-n2cccn2)nc1)c1sc2ccccc2c1Cl. The van der Waals surface area contributed by atoms with Gasteiger partial charge in [-0.25, -0.2) is 9.67 Å². The van der Waals surface area contributed by atoms with Gasteiger partial charge in [0.15, 0.2) is 5.82 Å². The molecular formula is C17H11ClN4OS. The molecule has 0 aliphatic rings. The number of pyridine rings is 1. The third-order valence-corrected chi connectivity index (χ3v) is 5.16. The van der Waals surface area contributed by atoms with Crippen molar-refractivity contribution in [2.75, 3.05) is 5.32 Å². The number of amides is 1. The summed E-state index contributed by atoms with van der Waals surface area (Å²) < 4.78 is 2.63. The first-order valence-electron chi connectivity index (χ1n) is 7.17. The van der Waals surface area contributed by atoms with Gasteiger partial charge in [-0.2, -0.15) is 5.10 Å². The van der Waals surface area contributed by atoms with Gasteiger partial charge < -0.3 is 5.32 Å². The van der Waals surface area contributed by atoms with Gasteiger partial charge in [0.2, 0.25) is 0 Å². The fourth-order valence-electron chi connectivity index (χ4n) is 2.35. The van der Waals surface area contributed by atoms with Crippen molar-refractivity contribution in [3.05, 3.63) is 71.0 Å². The molecule has 0 saturated heterocycles. The van der Waals surface area contributed by atoms with Crippen LogP contribution in [-0.2, 0) is 0 Å². The van der Waals surface area contributed by atoms with Gasteiger partial charge >= 0.3 is 0 Å².